The van der Waals surface area contributed by atoms with Gasteiger partial charge in [-0.2, -0.15) is 0 Å². The molecule has 0 aromatic heterocycles. The third kappa shape index (κ3) is 5.93. The first kappa shape index (κ1) is 32.7. The highest BCUT2D eigenvalue weighted by atomic mass is 15.1. The van der Waals surface area contributed by atoms with Crippen LogP contribution < -0.4 is 15.3 Å². The lowest BCUT2D eigenvalue weighted by atomic mass is 9.74. The maximum atomic E-state index is 2.37. The largest absolute Gasteiger partial charge is 0.311 e. The van der Waals surface area contributed by atoms with Crippen molar-refractivity contribution in [2.45, 2.75) is 38.5 Å². The Balaban J connectivity index is 1.33. The first-order valence-electron chi connectivity index (χ1n) is 18.8. The van der Waals surface area contributed by atoms with Crippen molar-refractivity contribution < 1.29 is 0 Å². The Labute approximate surface area is 312 Å². The average Bonchev–Trinajstić information content (AvgIpc) is 3.21. The molecule has 9 rings (SSSR count). The number of fused-ring (bicyclic) bond motifs is 6. The van der Waals surface area contributed by atoms with Gasteiger partial charge in [0.05, 0.1) is 0 Å². The lowest BCUT2D eigenvalue weighted by Crippen LogP contribution is -2.37. The fourth-order valence-electron chi connectivity index (χ4n) is 8.46. The van der Waals surface area contributed by atoms with E-state index in [-0.39, 0.29) is 11.3 Å². The monoisotopic (exact) mass is 681 g/mol. The topological polar surface area (TPSA) is 3.24 Å². The van der Waals surface area contributed by atoms with E-state index in [4.69, 9.17) is 0 Å². The van der Waals surface area contributed by atoms with E-state index in [9.17, 15) is 0 Å². The molecule has 1 aliphatic rings. The minimum atomic E-state index is 0.0911. The molecule has 0 saturated carbocycles. The van der Waals surface area contributed by atoms with Crippen LogP contribution in [0.25, 0.3) is 32.7 Å². The van der Waals surface area contributed by atoms with Gasteiger partial charge in [0.1, 0.15) is 0 Å². The smallest absolute Gasteiger partial charge is 0.0462 e. The van der Waals surface area contributed by atoms with Gasteiger partial charge < -0.3 is 4.90 Å². The van der Waals surface area contributed by atoms with Gasteiger partial charge in [-0.15, -0.1) is 0 Å². The summed E-state index contributed by atoms with van der Waals surface area (Å²) >= 11 is 0. The van der Waals surface area contributed by atoms with Crippen molar-refractivity contribution in [1.29, 1.82) is 0 Å². The van der Waals surface area contributed by atoms with Crippen LogP contribution in [0.2, 0.25) is 0 Å². The molecule has 53 heavy (non-hydrogen) atoms. The van der Waals surface area contributed by atoms with E-state index in [1.807, 2.05) is 0 Å². The molecular weight excluding hydrogens is 639 g/mol. The van der Waals surface area contributed by atoms with Gasteiger partial charge in [-0.25, -0.2) is 0 Å². The molecule has 0 amide bonds. The van der Waals surface area contributed by atoms with Crippen molar-refractivity contribution in [3.63, 3.8) is 0 Å². The van der Waals surface area contributed by atoms with Crippen molar-refractivity contribution in [3.05, 3.63) is 221 Å². The summed E-state index contributed by atoms with van der Waals surface area (Å²) in [6.07, 6.45) is 0.913. The SMILES string of the molecule is CC(C)(C)c1ccc(N(c2ccccc2)c2ccc(C3=c4c(c5ccccc5c5ccccc45)=C(c4ccccc4)CC3c3ccccc3)cc2)cc1. The van der Waals surface area contributed by atoms with Gasteiger partial charge in [0, 0.05) is 23.0 Å². The zero-order valence-electron chi connectivity index (χ0n) is 30.6. The molecule has 0 aliphatic heterocycles. The number of benzene rings is 8. The highest BCUT2D eigenvalue weighted by Crippen LogP contribution is 2.42. The molecule has 8 aromatic rings. The second kappa shape index (κ2) is 13.4. The molecule has 1 nitrogen and oxygen atoms in total. The molecule has 0 spiro atoms. The molecule has 0 bridgehead atoms. The number of para-hydroxylation sites is 1. The van der Waals surface area contributed by atoms with E-state index in [2.05, 4.69) is 214 Å². The van der Waals surface area contributed by atoms with Gasteiger partial charge >= 0.3 is 0 Å². The van der Waals surface area contributed by atoms with E-state index in [0.717, 1.165) is 23.5 Å². The molecule has 0 radical (unpaired) electrons. The Hall–Kier alpha value is -6.18. The first-order valence-corrected chi connectivity index (χ1v) is 18.8. The minimum Gasteiger partial charge on any atom is -0.311 e. The Bertz CT molecular complexity index is 2690. The van der Waals surface area contributed by atoms with Gasteiger partial charge in [0.2, 0.25) is 0 Å². The van der Waals surface area contributed by atoms with Crippen LogP contribution in [0.5, 0.6) is 0 Å². The first-order chi connectivity index (χ1) is 26.0. The molecular formula is C52H43N. The zero-order chi connectivity index (χ0) is 35.9. The Kier molecular flexibility index (Phi) is 8.28. The van der Waals surface area contributed by atoms with E-state index in [1.54, 1.807) is 0 Å². The molecule has 1 atom stereocenters. The normalized spacial score (nSPS) is 14.4. The van der Waals surface area contributed by atoms with E-state index < -0.39 is 0 Å². The molecule has 1 aliphatic carbocycles. The van der Waals surface area contributed by atoms with Crippen LogP contribution in [-0.2, 0) is 5.41 Å². The van der Waals surface area contributed by atoms with Gasteiger partial charge in [-0.1, -0.05) is 172 Å². The van der Waals surface area contributed by atoms with Crippen molar-refractivity contribution in [2.75, 3.05) is 4.90 Å². The molecule has 0 N–H and O–H groups in total. The molecule has 1 heteroatoms. The highest BCUT2D eigenvalue weighted by molar-refractivity contribution is 6.10. The molecule has 8 aromatic carbocycles. The van der Waals surface area contributed by atoms with Crippen LogP contribution in [0.3, 0.4) is 0 Å². The zero-order valence-corrected chi connectivity index (χ0v) is 30.6. The summed E-state index contributed by atoms with van der Waals surface area (Å²) < 4.78 is 0. The summed E-state index contributed by atoms with van der Waals surface area (Å²) in [5, 5.41) is 7.93. The van der Waals surface area contributed by atoms with Crippen LogP contribution in [-0.4, -0.2) is 0 Å². The predicted octanol–water partition coefficient (Wildman–Crippen LogP) is 12.3. The van der Waals surface area contributed by atoms with Gasteiger partial charge in [-0.3, -0.25) is 0 Å². The summed E-state index contributed by atoms with van der Waals surface area (Å²) in [6.45, 7) is 6.81. The summed E-state index contributed by atoms with van der Waals surface area (Å²) in [5.41, 5.74) is 11.5. The van der Waals surface area contributed by atoms with Crippen LogP contribution >= 0.6 is 0 Å². The van der Waals surface area contributed by atoms with E-state index in [1.165, 1.54) is 65.4 Å². The quantitative estimate of drug-likeness (QED) is 0.158. The summed E-state index contributed by atoms with van der Waals surface area (Å²) in [6, 6.07) is 69.4. The van der Waals surface area contributed by atoms with Crippen molar-refractivity contribution in [2.24, 2.45) is 0 Å². The van der Waals surface area contributed by atoms with E-state index in [0.29, 0.717) is 0 Å². The Morgan fingerprint density at radius 2 is 0.868 bits per heavy atom. The fourth-order valence-corrected chi connectivity index (χ4v) is 8.46. The van der Waals surface area contributed by atoms with Crippen LogP contribution in [0.15, 0.2) is 188 Å². The summed E-state index contributed by atoms with van der Waals surface area (Å²) in [7, 11) is 0. The minimum absolute atomic E-state index is 0.0911. The van der Waals surface area contributed by atoms with Crippen molar-refractivity contribution in [3.8, 4) is 0 Å². The molecule has 0 fully saturated rings. The summed E-state index contributed by atoms with van der Waals surface area (Å²) in [4.78, 5) is 2.37. The third-order valence-electron chi connectivity index (χ3n) is 11.0. The van der Waals surface area contributed by atoms with Crippen LogP contribution in [0.1, 0.15) is 55.4 Å². The third-order valence-corrected chi connectivity index (χ3v) is 11.0. The van der Waals surface area contributed by atoms with E-state index >= 15 is 0 Å². The maximum Gasteiger partial charge on any atom is 0.0462 e. The predicted molar refractivity (Wildman–Crippen MR) is 226 cm³/mol. The number of anilines is 3. The number of hydrogen-bond acceptors (Lipinski definition) is 1. The lowest BCUT2D eigenvalue weighted by molar-refractivity contribution is 0.590. The van der Waals surface area contributed by atoms with Crippen molar-refractivity contribution >= 4 is 49.8 Å². The molecule has 0 heterocycles. The second-order valence-corrected chi connectivity index (χ2v) is 15.3. The molecule has 256 valence electrons. The number of rotatable bonds is 6. The fraction of sp³-hybridized carbons (Fsp3) is 0.115. The Morgan fingerprint density at radius 1 is 0.415 bits per heavy atom. The average molecular weight is 682 g/mol. The molecule has 0 saturated heterocycles. The van der Waals surface area contributed by atoms with Crippen LogP contribution in [0.4, 0.5) is 17.1 Å². The summed E-state index contributed by atoms with van der Waals surface area (Å²) in [5.74, 6) is 0.171. The lowest BCUT2D eigenvalue weighted by Gasteiger charge is -2.30. The molecule has 1 unspecified atom stereocenters. The maximum absolute atomic E-state index is 2.37. The van der Waals surface area contributed by atoms with Gasteiger partial charge in [0.25, 0.3) is 0 Å². The van der Waals surface area contributed by atoms with Gasteiger partial charge in [-0.05, 0) is 114 Å². The van der Waals surface area contributed by atoms with Crippen LogP contribution in [0, 0.1) is 0 Å². The highest BCUT2D eigenvalue weighted by Gasteiger charge is 2.28. The second-order valence-electron chi connectivity index (χ2n) is 15.3. The van der Waals surface area contributed by atoms with Gasteiger partial charge in [0.15, 0.2) is 0 Å². The van der Waals surface area contributed by atoms with Crippen molar-refractivity contribution in [1.82, 2.24) is 0 Å². The standard InChI is InChI=1S/C52H43N/c1-52(2,3)39-29-33-42(34-30-39)53(40-21-11-6-12-22-40)41-31-27-38(28-32-41)49-47(36-17-7-4-8-18-36)35-48(37-19-9-5-10-20-37)50-45-25-15-13-23-43(45)44-24-14-16-26-46(44)51(49)50/h4-34,47H,35H2,1-3H3. The number of hydrogen-bond donors (Lipinski definition) is 0. The Morgan fingerprint density at radius 3 is 1.43 bits per heavy atom. The number of nitrogens with zero attached hydrogens (tertiary/aromatic N) is 1.